The zero-order valence-corrected chi connectivity index (χ0v) is 18.1. The fourth-order valence-corrected chi connectivity index (χ4v) is 4.70. The molecule has 0 saturated heterocycles. The maximum Gasteiger partial charge on any atom is 0.265 e. The van der Waals surface area contributed by atoms with Crippen LogP contribution in [0.4, 0.5) is 11.4 Å². The lowest BCUT2D eigenvalue weighted by molar-refractivity contribution is 0.599. The highest BCUT2D eigenvalue weighted by molar-refractivity contribution is 7.93. The van der Waals surface area contributed by atoms with Crippen LogP contribution in [-0.2, 0) is 26.6 Å². The zero-order chi connectivity index (χ0) is 21.2. The molecule has 0 saturated carbocycles. The normalized spacial score (nSPS) is 12.0. The highest BCUT2D eigenvalue weighted by Crippen LogP contribution is 2.27. The van der Waals surface area contributed by atoms with Crippen LogP contribution >= 0.6 is 23.2 Å². The van der Waals surface area contributed by atoms with Crippen molar-refractivity contribution in [2.24, 2.45) is 0 Å². The number of anilines is 2. The number of aryl methyl sites for hydroxylation is 1. The van der Waals surface area contributed by atoms with Crippen molar-refractivity contribution >= 4 is 54.6 Å². The van der Waals surface area contributed by atoms with E-state index in [9.17, 15) is 16.8 Å². The lowest BCUT2D eigenvalue weighted by atomic mass is 10.3. The third kappa shape index (κ3) is 5.02. The first kappa shape index (κ1) is 21.4. The fourth-order valence-electron chi connectivity index (χ4n) is 2.35. The van der Waals surface area contributed by atoms with Crippen LogP contribution in [0.3, 0.4) is 0 Å². The van der Waals surface area contributed by atoms with E-state index in [0.717, 1.165) is 0 Å². The molecular weight excluding hydrogens is 459 g/mol. The summed E-state index contributed by atoms with van der Waals surface area (Å²) in [6, 6.07) is 9.61. The molecule has 0 radical (unpaired) electrons. The molecule has 0 aliphatic rings. The summed E-state index contributed by atoms with van der Waals surface area (Å²) < 4.78 is 56.1. The van der Waals surface area contributed by atoms with Crippen LogP contribution in [0.15, 0.2) is 64.6 Å². The van der Waals surface area contributed by atoms with Crippen LogP contribution in [-0.4, -0.2) is 26.6 Å². The Morgan fingerprint density at radius 2 is 1.45 bits per heavy atom. The van der Waals surface area contributed by atoms with Gasteiger partial charge in [0.1, 0.15) is 4.90 Å². The molecule has 0 amide bonds. The Bertz CT molecular complexity index is 1240. The van der Waals surface area contributed by atoms with Crippen molar-refractivity contribution in [3.05, 3.63) is 64.9 Å². The van der Waals surface area contributed by atoms with Crippen LogP contribution in [0.2, 0.25) is 10.0 Å². The minimum Gasteiger partial charge on any atom is -0.280 e. The van der Waals surface area contributed by atoms with E-state index in [2.05, 4.69) is 14.5 Å². The Labute approximate surface area is 178 Å². The molecular formula is C17H16Cl2N4O4S2. The first-order valence-corrected chi connectivity index (χ1v) is 12.0. The van der Waals surface area contributed by atoms with Crippen molar-refractivity contribution in [3.8, 4) is 0 Å². The average Bonchev–Trinajstić information content (AvgIpc) is 3.15. The van der Waals surface area contributed by atoms with Gasteiger partial charge in [-0.15, -0.1) is 0 Å². The minimum atomic E-state index is -3.90. The molecule has 1 aromatic heterocycles. The molecule has 0 aliphatic heterocycles. The third-order valence-corrected chi connectivity index (χ3v) is 7.30. The Kier molecular flexibility index (Phi) is 6.08. The van der Waals surface area contributed by atoms with Gasteiger partial charge in [-0.05, 0) is 49.4 Å². The van der Waals surface area contributed by atoms with Crippen LogP contribution < -0.4 is 9.44 Å². The first-order valence-electron chi connectivity index (χ1n) is 8.24. The molecule has 154 valence electrons. The second-order valence-corrected chi connectivity index (χ2v) is 10.1. The summed E-state index contributed by atoms with van der Waals surface area (Å²) in [5, 5.41) is 4.45. The predicted octanol–water partition coefficient (Wildman–Crippen LogP) is 3.81. The summed E-state index contributed by atoms with van der Waals surface area (Å²) in [7, 11) is -7.73. The Morgan fingerprint density at radius 3 is 2.03 bits per heavy atom. The van der Waals surface area contributed by atoms with E-state index in [0.29, 0.717) is 11.6 Å². The van der Waals surface area contributed by atoms with E-state index in [1.165, 1.54) is 59.5 Å². The van der Waals surface area contributed by atoms with E-state index in [1.807, 2.05) is 6.92 Å². The molecule has 0 unspecified atom stereocenters. The van der Waals surface area contributed by atoms with Crippen molar-refractivity contribution in [1.82, 2.24) is 9.78 Å². The number of hydrogen-bond acceptors (Lipinski definition) is 5. The molecule has 1 heterocycles. The Morgan fingerprint density at radius 1 is 0.862 bits per heavy atom. The standard InChI is InChI=1S/C17H16Cl2N4O4S2/c1-2-23-11-15(10-20-23)29(26,27)21-12-3-6-14(7-4-12)28(24,25)22-13-5-8-16(18)17(19)9-13/h3-11,21-22H,2H2,1H3. The van der Waals surface area contributed by atoms with E-state index in [-0.39, 0.29) is 26.2 Å². The number of sulfonamides is 2. The summed E-state index contributed by atoms with van der Waals surface area (Å²) in [6.07, 6.45) is 2.65. The molecule has 8 nitrogen and oxygen atoms in total. The molecule has 0 bridgehead atoms. The van der Waals surface area contributed by atoms with Gasteiger partial charge in [0.05, 0.1) is 26.8 Å². The van der Waals surface area contributed by atoms with Crippen LogP contribution in [0, 0.1) is 0 Å². The van der Waals surface area contributed by atoms with Crippen molar-refractivity contribution < 1.29 is 16.8 Å². The van der Waals surface area contributed by atoms with E-state index >= 15 is 0 Å². The highest BCUT2D eigenvalue weighted by Gasteiger charge is 2.18. The van der Waals surface area contributed by atoms with Crippen LogP contribution in [0.1, 0.15) is 6.92 Å². The van der Waals surface area contributed by atoms with Crippen molar-refractivity contribution in [2.75, 3.05) is 9.44 Å². The monoisotopic (exact) mass is 474 g/mol. The summed E-state index contributed by atoms with van der Waals surface area (Å²) in [4.78, 5) is -0.0392. The smallest absolute Gasteiger partial charge is 0.265 e. The number of hydrogen-bond donors (Lipinski definition) is 2. The second kappa shape index (κ2) is 8.23. The summed E-state index contributed by atoms with van der Waals surface area (Å²) >= 11 is 11.7. The molecule has 0 aliphatic carbocycles. The van der Waals surface area contributed by atoms with Gasteiger partial charge >= 0.3 is 0 Å². The summed E-state index contributed by atoms with van der Waals surface area (Å²) in [5.41, 5.74) is 0.458. The lowest BCUT2D eigenvalue weighted by Gasteiger charge is -2.10. The van der Waals surface area contributed by atoms with Gasteiger partial charge in [-0.25, -0.2) is 16.8 Å². The summed E-state index contributed by atoms with van der Waals surface area (Å²) in [5.74, 6) is 0. The third-order valence-electron chi connectivity index (χ3n) is 3.83. The average molecular weight is 475 g/mol. The Hall–Kier alpha value is -2.27. The minimum absolute atomic E-state index is 0.0114. The highest BCUT2D eigenvalue weighted by atomic mass is 35.5. The molecule has 0 spiro atoms. The molecule has 0 atom stereocenters. The molecule has 29 heavy (non-hydrogen) atoms. The lowest BCUT2D eigenvalue weighted by Crippen LogP contribution is -2.14. The van der Waals surface area contributed by atoms with Gasteiger partial charge in [0.15, 0.2) is 0 Å². The van der Waals surface area contributed by atoms with E-state index in [4.69, 9.17) is 23.2 Å². The molecule has 3 aromatic rings. The van der Waals surface area contributed by atoms with Gasteiger partial charge < -0.3 is 0 Å². The SMILES string of the molecule is CCn1cc(S(=O)(=O)Nc2ccc(S(=O)(=O)Nc3ccc(Cl)c(Cl)c3)cc2)cn1. The summed E-state index contributed by atoms with van der Waals surface area (Å²) in [6.45, 7) is 2.37. The largest absolute Gasteiger partial charge is 0.280 e. The fraction of sp³-hybridized carbons (Fsp3) is 0.118. The number of halogens is 2. The number of benzene rings is 2. The molecule has 0 fully saturated rings. The van der Waals surface area contributed by atoms with Crippen molar-refractivity contribution in [2.45, 2.75) is 23.3 Å². The van der Waals surface area contributed by atoms with Crippen LogP contribution in [0.25, 0.3) is 0 Å². The maximum absolute atomic E-state index is 12.5. The molecule has 12 heteroatoms. The van der Waals surface area contributed by atoms with Crippen molar-refractivity contribution in [3.63, 3.8) is 0 Å². The number of aromatic nitrogens is 2. The number of rotatable bonds is 7. The van der Waals surface area contributed by atoms with Crippen LogP contribution in [0.5, 0.6) is 0 Å². The van der Waals surface area contributed by atoms with Gasteiger partial charge in [0, 0.05) is 18.4 Å². The number of nitrogens with zero attached hydrogens (tertiary/aromatic N) is 2. The van der Waals surface area contributed by atoms with Gasteiger partial charge in [-0.3, -0.25) is 14.1 Å². The quantitative estimate of drug-likeness (QED) is 0.540. The van der Waals surface area contributed by atoms with Gasteiger partial charge in [0.2, 0.25) is 0 Å². The van der Waals surface area contributed by atoms with Crippen molar-refractivity contribution in [1.29, 1.82) is 0 Å². The number of nitrogens with one attached hydrogen (secondary N) is 2. The van der Waals surface area contributed by atoms with Gasteiger partial charge in [-0.1, -0.05) is 23.2 Å². The molecule has 2 aromatic carbocycles. The second-order valence-electron chi connectivity index (χ2n) is 5.90. The molecule has 3 rings (SSSR count). The topological polar surface area (TPSA) is 110 Å². The molecule has 2 N–H and O–H groups in total. The predicted molar refractivity (Wildman–Crippen MR) is 112 cm³/mol. The Balaban J connectivity index is 1.77. The van der Waals surface area contributed by atoms with E-state index < -0.39 is 20.0 Å². The zero-order valence-electron chi connectivity index (χ0n) is 15.0. The van der Waals surface area contributed by atoms with E-state index in [1.54, 1.807) is 0 Å². The maximum atomic E-state index is 12.5. The van der Waals surface area contributed by atoms with Gasteiger partial charge in [0.25, 0.3) is 20.0 Å². The van der Waals surface area contributed by atoms with Gasteiger partial charge in [-0.2, -0.15) is 5.10 Å². The first-order chi connectivity index (χ1) is 13.6.